The minimum Gasteiger partial charge on any atom is -0.324 e. The van der Waals surface area contributed by atoms with Gasteiger partial charge in [0.15, 0.2) is 0 Å². The smallest absolute Gasteiger partial charge is 0.234 e. The Kier molecular flexibility index (Phi) is 3.45. The van der Waals surface area contributed by atoms with E-state index in [1.165, 1.54) is 4.90 Å². The monoisotopic (exact) mass is 260 g/mol. The number of carbonyl (C=O) groups excluding carboxylic acids is 2. The maximum Gasteiger partial charge on any atom is 0.234 e. The number of carbonyl (C=O) groups is 2. The third kappa shape index (κ3) is 2.68. The number of rotatable bonds is 2. The molecular weight excluding hydrogens is 240 g/mol. The van der Waals surface area contributed by atoms with Gasteiger partial charge < -0.3 is 5.73 Å². The molecule has 0 bridgehead atoms. The van der Waals surface area contributed by atoms with Crippen LogP contribution in [0.2, 0.25) is 0 Å². The van der Waals surface area contributed by atoms with E-state index in [2.05, 4.69) is 0 Å². The molecule has 0 radical (unpaired) electrons. The lowest BCUT2D eigenvalue weighted by molar-refractivity contribution is -0.132. The van der Waals surface area contributed by atoms with E-state index >= 15 is 0 Å². The molecule has 19 heavy (non-hydrogen) atoms. The number of hydrogen-bond acceptors (Lipinski definition) is 3. The summed E-state index contributed by atoms with van der Waals surface area (Å²) in [4.78, 5) is 25.8. The number of hydrogen-bond donors (Lipinski definition) is 1. The average Bonchev–Trinajstić information content (AvgIpc) is 2.26. The predicted molar refractivity (Wildman–Crippen MR) is 74.6 cm³/mol. The third-order valence-corrected chi connectivity index (χ3v) is 3.43. The van der Waals surface area contributed by atoms with Gasteiger partial charge in [-0.25, -0.2) is 0 Å². The molecular formula is C15H20N2O2. The highest BCUT2D eigenvalue weighted by Crippen LogP contribution is 2.36. The number of piperidine rings is 1. The maximum atomic E-state index is 12.3. The molecule has 1 aliphatic rings. The summed E-state index contributed by atoms with van der Waals surface area (Å²) >= 11 is 0. The summed E-state index contributed by atoms with van der Waals surface area (Å²) in [6, 6.07) is 7.12. The first-order chi connectivity index (χ1) is 8.82. The molecule has 0 saturated carbocycles. The molecule has 1 saturated heterocycles. The van der Waals surface area contributed by atoms with Crippen molar-refractivity contribution >= 4 is 17.5 Å². The van der Waals surface area contributed by atoms with Crippen LogP contribution in [-0.2, 0) is 9.59 Å². The number of nitrogens with two attached hydrogens (primary N) is 1. The molecule has 1 fully saturated rings. The summed E-state index contributed by atoms with van der Waals surface area (Å²) in [6.07, 6.45) is 0.762. The molecule has 1 unspecified atom stereocenters. The lowest BCUT2D eigenvalue weighted by Crippen LogP contribution is -2.46. The van der Waals surface area contributed by atoms with Crippen LogP contribution in [0.1, 0.15) is 45.2 Å². The Morgan fingerprint density at radius 3 is 2.21 bits per heavy atom. The molecule has 2 N–H and O–H groups in total. The first kappa shape index (κ1) is 13.7. The molecule has 0 aromatic heterocycles. The quantitative estimate of drug-likeness (QED) is 0.830. The van der Waals surface area contributed by atoms with Gasteiger partial charge in [-0.2, -0.15) is 0 Å². The second-order valence-corrected chi connectivity index (χ2v) is 5.99. The number of anilines is 1. The van der Waals surface area contributed by atoms with Crippen LogP contribution < -0.4 is 10.6 Å². The Labute approximate surface area is 113 Å². The normalized spacial score (nSPS) is 20.5. The largest absolute Gasteiger partial charge is 0.324 e. The first-order valence-electron chi connectivity index (χ1n) is 6.52. The van der Waals surface area contributed by atoms with Crippen LogP contribution in [0.15, 0.2) is 24.3 Å². The van der Waals surface area contributed by atoms with Crippen molar-refractivity contribution in [2.24, 2.45) is 11.1 Å². The standard InChI is InChI=1S/C15H20N2O2/c1-10(16)11-6-4-5-7-12(11)17-13(18)8-15(2,3)9-14(17)19/h4-7,10H,8-9,16H2,1-3H3. The molecule has 4 nitrogen and oxygen atoms in total. The van der Waals surface area contributed by atoms with Crippen molar-refractivity contribution in [3.8, 4) is 0 Å². The number of imide groups is 1. The summed E-state index contributed by atoms with van der Waals surface area (Å²) in [5.41, 5.74) is 7.11. The van der Waals surface area contributed by atoms with Gasteiger partial charge in [-0.1, -0.05) is 32.0 Å². The van der Waals surface area contributed by atoms with Gasteiger partial charge >= 0.3 is 0 Å². The van der Waals surface area contributed by atoms with Crippen LogP contribution in [0.4, 0.5) is 5.69 Å². The molecule has 2 rings (SSSR count). The highest BCUT2D eigenvalue weighted by Gasteiger charge is 2.38. The van der Waals surface area contributed by atoms with Crippen molar-refractivity contribution in [1.82, 2.24) is 0 Å². The van der Waals surface area contributed by atoms with Crippen molar-refractivity contribution < 1.29 is 9.59 Å². The van der Waals surface area contributed by atoms with Crippen molar-refractivity contribution in [3.63, 3.8) is 0 Å². The van der Waals surface area contributed by atoms with Crippen LogP contribution >= 0.6 is 0 Å². The molecule has 1 aromatic rings. The SMILES string of the molecule is CC(N)c1ccccc1N1C(=O)CC(C)(C)CC1=O. The van der Waals surface area contributed by atoms with Crippen molar-refractivity contribution in [2.45, 2.75) is 39.7 Å². The van der Waals surface area contributed by atoms with Crippen LogP contribution in [0.3, 0.4) is 0 Å². The van der Waals surface area contributed by atoms with Crippen molar-refractivity contribution in [2.75, 3.05) is 4.90 Å². The second kappa shape index (κ2) is 4.78. The summed E-state index contributed by atoms with van der Waals surface area (Å²) in [6.45, 7) is 5.73. The fraction of sp³-hybridized carbons (Fsp3) is 0.467. The molecule has 4 heteroatoms. The molecule has 1 aliphatic heterocycles. The zero-order valence-electron chi connectivity index (χ0n) is 11.6. The minimum atomic E-state index is -0.256. The number of para-hydroxylation sites is 1. The third-order valence-electron chi connectivity index (χ3n) is 3.43. The Morgan fingerprint density at radius 2 is 1.68 bits per heavy atom. The van der Waals surface area contributed by atoms with Gasteiger partial charge in [0, 0.05) is 18.9 Å². The predicted octanol–water partition coefficient (Wildman–Crippen LogP) is 2.39. The van der Waals surface area contributed by atoms with E-state index in [9.17, 15) is 9.59 Å². The van der Waals surface area contributed by atoms with Crippen LogP contribution in [-0.4, -0.2) is 11.8 Å². The van der Waals surface area contributed by atoms with Crippen LogP contribution in [0.5, 0.6) is 0 Å². The number of benzene rings is 1. The topological polar surface area (TPSA) is 63.4 Å². The highest BCUT2D eigenvalue weighted by atomic mass is 16.2. The van der Waals surface area contributed by atoms with Crippen LogP contribution in [0.25, 0.3) is 0 Å². The Bertz CT molecular complexity index is 501. The van der Waals surface area contributed by atoms with E-state index in [-0.39, 0.29) is 23.3 Å². The summed E-state index contributed by atoms with van der Waals surface area (Å²) in [7, 11) is 0. The molecule has 1 aromatic carbocycles. The summed E-state index contributed by atoms with van der Waals surface area (Å²) in [5.74, 6) is -0.288. The zero-order chi connectivity index (χ0) is 14.2. The minimum absolute atomic E-state index is 0.144. The fourth-order valence-electron chi connectivity index (χ4n) is 2.52. The van der Waals surface area contributed by atoms with E-state index < -0.39 is 0 Å². The van der Waals surface area contributed by atoms with E-state index in [1.54, 1.807) is 6.07 Å². The molecule has 102 valence electrons. The number of nitrogens with zero attached hydrogens (tertiary/aromatic N) is 1. The van der Waals surface area contributed by atoms with E-state index in [0.717, 1.165) is 5.56 Å². The van der Waals surface area contributed by atoms with Gasteiger partial charge in [0.1, 0.15) is 0 Å². The zero-order valence-corrected chi connectivity index (χ0v) is 11.6. The van der Waals surface area contributed by atoms with Crippen molar-refractivity contribution in [1.29, 1.82) is 0 Å². The van der Waals surface area contributed by atoms with Gasteiger partial charge in [-0.05, 0) is 24.0 Å². The van der Waals surface area contributed by atoms with Gasteiger partial charge in [0.25, 0.3) is 0 Å². The number of amides is 2. The molecule has 1 atom stereocenters. The second-order valence-electron chi connectivity index (χ2n) is 5.99. The lowest BCUT2D eigenvalue weighted by Gasteiger charge is -2.35. The molecule has 0 aliphatic carbocycles. The van der Waals surface area contributed by atoms with E-state index in [0.29, 0.717) is 18.5 Å². The van der Waals surface area contributed by atoms with Crippen LogP contribution in [0, 0.1) is 5.41 Å². The fourth-order valence-corrected chi connectivity index (χ4v) is 2.52. The van der Waals surface area contributed by atoms with Gasteiger partial charge in [-0.3, -0.25) is 14.5 Å². The highest BCUT2D eigenvalue weighted by molar-refractivity contribution is 6.17. The Morgan fingerprint density at radius 1 is 1.16 bits per heavy atom. The molecule has 0 spiro atoms. The maximum absolute atomic E-state index is 12.3. The molecule has 2 amide bonds. The first-order valence-corrected chi connectivity index (χ1v) is 6.52. The Hall–Kier alpha value is -1.68. The van der Waals surface area contributed by atoms with E-state index in [4.69, 9.17) is 5.73 Å². The van der Waals surface area contributed by atoms with Crippen molar-refractivity contribution in [3.05, 3.63) is 29.8 Å². The van der Waals surface area contributed by atoms with Gasteiger partial charge in [0.05, 0.1) is 5.69 Å². The van der Waals surface area contributed by atoms with E-state index in [1.807, 2.05) is 39.0 Å². The molecule has 1 heterocycles. The summed E-state index contributed by atoms with van der Waals surface area (Å²) in [5, 5.41) is 0. The lowest BCUT2D eigenvalue weighted by atomic mass is 9.81. The van der Waals surface area contributed by atoms with Gasteiger partial charge in [-0.15, -0.1) is 0 Å². The summed E-state index contributed by atoms with van der Waals surface area (Å²) < 4.78 is 0. The van der Waals surface area contributed by atoms with Gasteiger partial charge in [0.2, 0.25) is 11.8 Å². The Balaban J connectivity index is 2.42. The average molecular weight is 260 g/mol.